The van der Waals surface area contributed by atoms with Crippen LogP contribution in [0.1, 0.15) is 17.5 Å². The van der Waals surface area contributed by atoms with Gasteiger partial charge in [0.05, 0.1) is 31.1 Å². The summed E-state index contributed by atoms with van der Waals surface area (Å²) in [4.78, 5) is 14.9. The van der Waals surface area contributed by atoms with E-state index < -0.39 is 5.41 Å². The van der Waals surface area contributed by atoms with E-state index in [0.717, 1.165) is 22.6 Å². The average Bonchev–Trinajstić information content (AvgIpc) is 3.30. The van der Waals surface area contributed by atoms with Gasteiger partial charge >= 0.3 is 0 Å². The van der Waals surface area contributed by atoms with Gasteiger partial charge in [-0.1, -0.05) is 30.3 Å². The molecule has 4 nitrogen and oxygen atoms in total. The Bertz CT molecular complexity index is 825. The molecule has 0 saturated heterocycles. The predicted octanol–water partition coefficient (Wildman–Crippen LogP) is 3.02. The molecule has 0 radical (unpaired) electrons. The number of nitriles is 1. The molecule has 1 spiro atoms. The van der Waals surface area contributed by atoms with Crippen molar-refractivity contribution in [2.45, 2.75) is 18.4 Å². The first-order valence-electron chi connectivity index (χ1n) is 7.64. The van der Waals surface area contributed by atoms with Crippen LogP contribution in [0.2, 0.25) is 0 Å². The number of anilines is 1. The number of methoxy groups -OCH3 is 1. The second-order valence-electron chi connectivity index (χ2n) is 6.12. The Morgan fingerprint density at radius 3 is 2.74 bits per heavy atom. The van der Waals surface area contributed by atoms with Crippen LogP contribution in [0.15, 0.2) is 48.5 Å². The van der Waals surface area contributed by atoms with Crippen LogP contribution in [0, 0.1) is 17.2 Å². The van der Waals surface area contributed by atoms with Gasteiger partial charge in [-0.05, 0) is 35.7 Å². The van der Waals surface area contributed by atoms with Gasteiger partial charge in [0.25, 0.3) is 0 Å². The van der Waals surface area contributed by atoms with Crippen LogP contribution in [0.25, 0.3) is 0 Å². The molecular weight excluding hydrogens is 288 g/mol. The lowest BCUT2D eigenvalue weighted by atomic mass is 9.95. The van der Waals surface area contributed by atoms with E-state index in [2.05, 4.69) is 6.07 Å². The van der Waals surface area contributed by atoms with Gasteiger partial charge in [-0.25, -0.2) is 0 Å². The predicted molar refractivity (Wildman–Crippen MR) is 86.0 cm³/mol. The summed E-state index contributed by atoms with van der Waals surface area (Å²) < 4.78 is 5.31. The van der Waals surface area contributed by atoms with E-state index in [1.807, 2.05) is 48.5 Å². The van der Waals surface area contributed by atoms with Gasteiger partial charge in [0, 0.05) is 5.69 Å². The lowest BCUT2D eigenvalue weighted by Gasteiger charge is -2.18. The number of amides is 1. The van der Waals surface area contributed by atoms with Crippen LogP contribution < -0.4 is 9.64 Å². The summed E-state index contributed by atoms with van der Waals surface area (Å²) in [5.74, 6) is 0.527. The molecule has 1 saturated carbocycles. The molecule has 2 atom stereocenters. The standard InChI is InChI=1S/C19H16N2O2/c1-23-15-7-8-17-16(9-15)19(10-14(19)11-20)18(22)21(17)12-13-5-3-2-4-6-13/h2-9,14H,10,12H2,1H3. The molecule has 1 amide bonds. The Balaban J connectivity index is 1.79. The summed E-state index contributed by atoms with van der Waals surface area (Å²) >= 11 is 0. The van der Waals surface area contributed by atoms with E-state index in [9.17, 15) is 10.1 Å². The van der Waals surface area contributed by atoms with E-state index >= 15 is 0 Å². The third kappa shape index (κ3) is 1.86. The molecule has 2 aromatic rings. The minimum atomic E-state index is -0.659. The van der Waals surface area contributed by atoms with E-state index in [4.69, 9.17) is 4.74 Å². The van der Waals surface area contributed by atoms with Crippen LogP contribution in [-0.4, -0.2) is 13.0 Å². The zero-order valence-corrected chi connectivity index (χ0v) is 12.8. The van der Waals surface area contributed by atoms with Gasteiger partial charge in [0.15, 0.2) is 0 Å². The van der Waals surface area contributed by atoms with E-state index in [1.54, 1.807) is 12.0 Å². The molecule has 4 rings (SSSR count). The van der Waals surface area contributed by atoms with Gasteiger partial charge in [-0.2, -0.15) is 5.26 Å². The number of hydrogen-bond donors (Lipinski definition) is 0. The van der Waals surface area contributed by atoms with Crippen molar-refractivity contribution < 1.29 is 9.53 Å². The van der Waals surface area contributed by atoms with Crippen molar-refractivity contribution in [3.63, 3.8) is 0 Å². The molecule has 2 aliphatic rings. The maximum absolute atomic E-state index is 13.1. The van der Waals surface area contributed by atoms with Crippen molar-refractivity contribution in [3.8, 4) is 11.8 Å². The normalized spacial score (nSPS) is 24.4. The highest BCUT2D eigenvalue weighted by Crippen LogP contribution is 2.62. The molecule has 2 aromatic carbocycles. The lowest BCUT2D eigenvalue weighted by Crippen LogP contribution is -2.32. The Morgan fingerprint density at radius 1 is 1.30 bits per heavy atom. The summed E-state index contributed by atoms with van der Waals surface area (Å²) in [6, 6.07) is 17.9. The Labute approximate surface area is 134 Å². The number of carbonyl (C=O) groups excluding carboxylic acids is 1. The number of nitrogens with zero attached hydrogens (tertiary/aromatic N) is 2. The van der Waals surface area contributed by atoms with E-state index in [-0.39, 0.29) is 11.8 Å². The van der Waals surface area contributed by atoms with Gasteiger partial charge in [-0.15, -0.1) is 0 Å². The SMILES string of the molecule is COc1ccc2c(c1)C1(CC1C#N)C(=O)N2Cc1ccccc1. The van der Waals surface area contributed by atoms with Crippen LogP contribution >= 0.6 is 0 Å². The van der Waals surface area contributed by atoms with Crippen molar-refractivity contribution in [2.24, 2.45) is 5.92 Å². The van der Waals surface area contributed by atoms with Crippen LogP contribution in [0.4, 0.5) is 5.69 Å². The topological polar surface area (TPSA) is 53.3 Å². The van der Waals surface area contributed by atoms with Gasteiger partial charge < -0.3 is 9.64 Å². The molecule has 114 valence electrons. The second-order valence-corrected chi connectivity index (χ2v) is 6.12. The first kappa shape index (κ1) is 13.8. The third-order valence-corrected chi connectivity index (χ3v) is 4.90. The number of carbonyl (C=O) groups is 1. The van der Waals surface area contributed by atoms with Crippen LogP contribution in [0.5, 0.6) is 5.75 Å². The highest BCUT2D eigenvalue weighted by molar-refractivity contribution is 6.11. The Morgan fingerprint density at radius 2 is 2.09 bits per heavy atom. The smallest absolute Gasteiger partial charge is 0.239 e. The minimum absolute atomic E-state index is 0.0381. The molecule has 1 aliphatic carbocycles. The maximum Gasteiger partial charge on any atom is 0.239 e. The fraction of sp³-hybridized carbons (Fsp3) is 0.263. The monoisotopic (exact) mass is 304 g/mol. The summed E-state index contributed by atoms with van der Waals surface area (Å²) in [5.41, 5.74) is 2.25. The zero-order valence-electron chi connectivity index (χ0n) is 12.8. The molecule has 4 heteroatoms. The molecular formula is C19H16N2O2. The number of hydrogen-bond acceptors (Lipinski definition) is 3. The lowest BCUT2D eigenvalue weighted by molar-refractivity contribution is -0.120. The van der Waals surface area contributed by atoms with Crippen molar-refractivity contribution in [1.29, 1.82) is 5.26 Å². The van der Waals surface area contributed by atoms with E-state index in [0.29, 0.717) is 13.0 Å². The number of rotatable bonds is 3. The largest absolute Gasteiger partial charge is 0.497 e. The Kier molecular flexibility index (Phi) is 2.92. The van der Waals surface area contributed by atoms with Crippen molar-refractivity contribution >= 4 is 11.6 Å². The van der Waals surface area contributed by atoms with Crippen molar-refractivity contribution in [3.05, 3.63) is 59.7 Å². The van der Waals surface area contributed by atoms with Crippen molar-refractivity contribution in [2.75, 3.05) is 12.0 Å². The molecule has 0 N–H and O–H groups in total. The molecule has 1 heterocycles. The molecule has 1 fully saturated rings. The minimum Gasteiger partial charge on any atom is -0.497 e. The summed E-state index contributed by atoms with van der Waals surface area (Å²) in [6.45, 7) is 0.527. The van der Waals surface area contributed by atoms with Crippen LogP contribution in [0.3, 0.4) is 0 Å². The van der Waals surface area contributed by atoms with Crippen molar-refractivity contribution in [1.82, 2.24) is 0 Å². The van der Waals surface area contributed by atoms with Gasteiger partial charge in [0.2, 0.25) is 5.91 Å². The van der Waals surface area contributed by atoms with Gasteiger partial charge in [-0.3, -0.25) is 4.79 Å². The van der Waals surface area contributed by atoms with Crippen LogP contribution in [-0.2, 0) is 16.8 Å². The Hall–Kier alpha value is -2.80. The summed E-state index contributed by atoms with van der Waals surface area (Å²) in [5, 5.41) is 9.33. The fourth-order valence-corrected chi connectivity index (χ4v) is 3.58. The van der Waals surface area contributed by atoms with Gasteiger partial charge in [0.1, 0.15) is 5.75 Å². The molecule has 0 aromatic heterocycles. The average molecular weight is 304 g/mol. The molecule has 23 heavy (non-hydrogen) atoms. The quantitative estimate of drug-likeness (QED) is 0.876. The molecule has 1 aliphatic heterocycles. The first-order chi connectivity index (χ1) is 11.2. The first-order valence-corrected chi connectivity index (χ1v) is 7.64. The molecule has 0 bridgehead atoms. The highest BCUT2D eigenvalue weighted by Gasteiger charge is 2.67. The number of fused-ring (bicyclic) bond motifs is 2. The molecule has 2 unspecified atom stereocenters. The third-order valence-electron chi connectivity index (χ3n) is 4.90. The fourth-order valence-electron chi connectivity index (χ4n) is 3.58. The van der Waals surface area contributed by atoms with E-state index in [1.165, 1.54) is 0 Å². The number of benzene rings is 2. The highest BCUT2D eigenvalue weighted by atomic mass is 16.5. The zero-order chi connectivity index (χ0) is 16.0. The second kappa shape index (κ2) is 4.85. The summed E-state index contributed by atoms with van der Waals surface area (Å²) in [7, 11) is 1.61. The maximum atomic E-state index is 13.1. The number of ether oxygens (including phenoxy) is 1. The summed E-state index contributed by atoms with van der Waals surface area (Å²) in [6.07, 6.45) is 0.605.